The summed E-state index contributed by atoms with van der Waals surface area (Å²) in [6.07, 6.45) is 1.88. The van der Waals surface area contributed by atoms with E-state index in [1.807, 2.05) is 0 Å². The topological polar surface area (TPSA) is 75.5 Å². The SMILES string of the molecule is N#CCCN(C(=O)c1csc(COc2ccc(Cl)cc2)n1)C1CCOCC1. The fraction of sp³-hybridized carbons (Fsp3) is 0.421. The number of nitriles is 1. The Morgan fingerprint density at radius 2 is 2.11 bits per heavy atom. The van der Waals surface area contributed by atoms with E-state index in [9.17, 15) is 4.79 Å². The van der Waals surface area contributed by atoms with Gasteiger partial charge in [0, 0.05) is 36.2 Å². The number of carbonyl (C=O) groups is 1. The van der Waals surface area contributed by atoms with E-state index < -0.39 is 0 Å². The Kier molecular flexibility index (Phi) is 7.04. The molecule has 142 valence electrons. The second-order valence-electron chi connectivity index (χ2n) is 6.12. The standard InChI is InChI=1S/C19H20ClN3O3S/c20-14-2-4-16(5-3-14)26-12-18-22-17(13-27-18)19(24)23(9-1-8-21)15-6-10-25-11-7-15/h2-5,13,15H,1,6-7,9-12H2. The van der Waals surface area contributed by atoms with E-state index >= 15 is 0 Å². The van der Waals surface area contributed by atoms with Gasteiger partial charge in [-0.05, 0) is 37.1 Å². The summed E-state index contributed by atoms with van der Waals surface area (Å²) in [5.41, 5.74) is 0.402. The lowest BCUT2D eigenvalue weighted by atomic mass is 10.1. The zero-order valence-corrected chi connectivity index (χ0v) is 16.3. The maximum atomic E-state index is 12.9. The van der Waals surface area contributed by atoms with Gasteiger partial charge in [0.15, 0.2) is 0 Å². The van der Waals surface area contributed by atoms with Crippen LogP contribution in [0.3, 0.4) is 0 Å². The minimum Gasteiger partial charge on any atom is -0.486 e. The molecule has 1 aliphatic rings. The quantitative estimate of drug-likeness (QED) is 0.698. The van der Waals surface area contributed by atoms with Crippen LogP contribution in [-0.4, -0.2) is 41.6 Å². The van der Waals surface area contributed by atoms with Gasteiger partial charge in [-0.15, -0.1) is 11.3 Å². The van der Waals surface area contributed by atoms with Crippen molar-refractivity contribution in [3.8, 4) is 11.8 Å². The number of carbonyl (C=O) groups excluding carboxylic acids is 1. The Bertz CT molecular complexity index is 797. The van der Waals surface area contributed by atoms with Gasteiger partial charge < -0.3 is 14.4 Å². The maximum Gasteiger partial charge on any atom is 0.273 e. The third-order valence-corrected chi connectivity index (χ3v) is 5.38. The number of amides is 1. The van der Waals surface area contributed by atoms with Crippen LogP contribution in [0.25, 0.3) is 0 Å². The van der Waals surface area contributed by atoms with Crippen LogP contribution < -0.4 is 4.74 Å². The summed E-state index contributed by atoms with van der Waals surface area (Å²) >= 11 is 7.25. The number of nitrogens with zero attached hydrogens (tertiary/aromatic N) is 3. The number of benzene rings is 1. The van der Waals surface area contributed by atoms with E-state index in [0.29, 0.717) is 42.6 Å². The minimum absolute atomic E-state index is 0.0927. The predicted octanol–water partition coefficient (Wildman–Crippen LogP) is 3.91. The van der Waals surface area contributed by atoms with Crippen LogP contribution in [0.15, 0.2) is 29.6 Å². The molecule has 2 aromatic rings. The largest absolute Gasteiger partial charge is 0.486 e. The molecule has 0 bridgehead atoms. The van der Waals surface area contributed by atoms with Crippen LogP contribution in [0.5, 0.6) is 5.75 Å². The number of hydrogen-bond acceptors (Lipinski definition) is 6. The molecule has 0 spiro atoms. The molecular formula is C19H20ClN3O3S. The van der Waals surface area contributed by atoms with Crippen molar-refractivity contribution in [2.45, 2.75) is 31.9 Å². The van der Waals surface area contributed by atoms with Crippen molar-refractivity contribution in [3.63, 3.8) is 0 Å². The average Bonchev–Trinajstić information content (AvgIpc) is 3.17. The first-order valence-electron chi connectivity index (χ1n) is 8.76. The lowest BCUT2D eigenvalue weighted by Gasteiger charge is -2.33. The number of ether oxygens (including phenoxy) is 2. The van der Waals surface area contributed by atoms with Gasteiger partial charge in [0.05, 0.1) is 12.5 Å². The summed E-state index contributed by atoms with van der Waals surface area (Å²) in [6.45, 7) is 1.97. The van der Waals surface area contributed by atoms with Crippen LogP contribution in [0.2, 0.25) is 5.02 Å². The highest BCUT2D eigenvalue weighted by Crippen LogP contribution is 2.21. The fourth-order valence-corrected chi connectivity index (χ4v) is 3.72. The first-order chi connectivity index (χ1) is 13.2. The maximum absolute atomic E-state index is 12.9. The Labute approximate surface area is 167 Å². The van der Waals surface area contributed by atoms with E-state index in [-0.39, 0.29) is 18.6 Å². The Morgan fingerprint density at radius 3 is 2.81 bits per heavy atom. The normalized spacial score (nSPS) is 14.5. The molecule has 1 fully saturated rings. The van der Waals surface area contributed by atoms with Crippen molar-refractivity contribution in [1.82, 2.24) is 9.88 Å². The van der Waals surface area contributed by atoms with Gasteiger partial charge in [-0.2, -0.15) is 5.26 Å². The van der Waals surface area contributed by atoms with Gasteiger partial charge in [-0.25, -0.2) is 4.98 Å². The molecule has 0 N–H and O–H groups in total. The lowest BCUT2D eigenvalue weighted by Crippen LogP contribution is -2.44. The zero-order chi connectivity index (χ0) is 19.1. The molecule has 1 aromatic carbocycles. The molecule has 6 nitrogen and oxygen atoms in total. The van der Waals surface area contributed by atoms with Crippen molar-refractivity contribution >= 4 is 28.8 Å². The first-order valence-corrected chi connectivity index (χ1v) is 10.0. The van der Waals surface area contributed by atoms with Crippen molar-refractivity contribution < 1.29 is 14.3 Å². The zero-order valence-electron chi connectivity index (χ0n) is 14.8. The van der Waals surface area contributed by atoms with Crippen molar-refractivity contribution in [1.29, 1.82) is 5.26 Å². The molecule has 0 unspecified atom stereocenters. The van der Waals surface area contributed by atoms with Gasteiger partial charge in [-0.1, -0.05) is 11.6 Å². The molecule has 1 amide bonds. The van der Waals surface area contributed by atoms with Crippen LogP contribution >= 0.6 is 22.9 Å². The summed E-state index contributed by atoms with van der Waals surface area (Å²) < 4.78 is 11.1. The van der Waals surface area contributed by atoms with Crippen molar-refractivity contribution in [2.75, 3.05) is 19.8 Å². The summed E-state index contributed by atoms with van der Waals surface area (Å²) in [5, 5.41) is 12.0. The molecule has 2 heterocycles. The van der Waals surface area contributed by atoms with E-state index in [4.69, 9.17) is 26.3 Å². The molecule has 8 heteroatoms. The summed E-state index contributed by atoms with van der Waals surface area (Å²) in [4.78, 5) is 19.1. The second-order valence-corrected chi connectivity index (χ2v) is 7.50. The van der Waals surface area contributed by atoms with Crippen LogP contribution in [0.1, 0.15) is 34.8 Å². The Hall–Kier alpha value is -2.14. The number of thiazole rings is 1. The van der Waals surface area contributed by atoms with E-state index in [2.05, 4.69) is 11.1 Å². The monoisotopic (exact) mass is 405 g/mol. The van der Waals surface area contributed by atoms with Gasteiger partial charge in [-0.3, -0.25) is 4.79 Å². The van der Waals surface area contributed by atoms with Crippen molar-refractivity contribution in [2.24, 2.45) is 0 Å². The third-order valence-electron chi connectivity index (χ3n) is 4.30. The molecular weight excluding hydrogens is 386 g/mol. The number of rotatable bonds is 7. The molecule has 0 saturated carbocycles. The highest BCUT2D eigenvalue weighted by molar-refractivity contribution is 7.09. The lowest BCUT2D eigenvalue weighted by molar-refractivity contribution is 0.0293. The van der Waals surface area contributed by atoms with Crippen LogP contribution in [-0.2, 0) is 11.3 Å². The molecule has 1 aromatic heterocycles. The highest BCUT2D eigenvalue weighted by Gasteiger charge is 2.27. The first kappa shape index (κ1) is 19.6. The Morgan fingerprint density at radius 1 is 1.37 bits per heavy atom. The van der Waals surface area contributed by atoms with Crippen LogP contribution in [0, 0.1) is 11.3 Å². The van der Waals surface area contributed by atoms with E-state index in [1.165, 1.54) is 11.3 Å². The van der Waals surface area contributed by atoms with Gasteiger partial charge in [0.25, 0.3) is 5.91 Å². The number of aromatic nitrogens is 1. The van der Waals surface area contributed by atoms with E-state index in [1.54, 1.807) is 34.5 Å². The average molecular weight is 406 g/mol. The molecule has 1 aliphatic heterocycles. The molecule has 0 atom stereocenters. The molecule has 0 aliphatic carbocycles. The van der Waals surface area contributed by atoms with Gasteiger partial charge in [0.1, 0.15) is 23.1 Å². The van der Waals surface area contributed by atoms with Crippen LogP contribution in [0.4, 0.5) is 0 Å². The van der Waals surface area contributed by atoms with Gasteiger partial charge >= 0.3 is 0 Å². The second kappa shape index (κ2) is 9.70. The minimum atomic E-state index is -0.133. The Balaban J connectivity index is 1.64. The molecule has 0 radical (unpaired) electrons. The van der Waals surface area contributed by atoms with E-state index in [0.717, 1.165) is 17.8 Å². The predicted molar refractivity (Wildman–Crippen MR) is 103 cm³/mol. The smallest absolute Gasteiger partial charge is 0.273 e. The third kappa shape index (κ3) is 5.42. The number of hydrogen-bond donors (Lipinski definition) is 0. The fourth-order valence-electron chi connectivity index (χ4n) is 2.92. The molecule has 3 rings (SSSR count). The number of halogens is 1. The van der Waals surface area contributed by atoms with Crippen molar-refractivity contribution in [3.05, 3.63) is 45.4 Å². The van der Waals surface area contributed by atoms with Gasteiger partial charge in [0.2, 0.25) is 0 Å². The summed E-state index contributed by atoms with van der Waals surface area (Å²) in [5.74, 6) is 0.562. The summed E-state index contributed by atoms with van der Waals surface area (Å²) in [6, 6.07) is 9.31. The molecule has 1 saturated heterocycles. The summed E-state index contributed by atoms with van der Waals surface area (Å²) in [7, 11) is 0. The molecule has 27 heavy (non-hydrogen) atoms. The highest BCUT2D eigenvalue weighted by atomic mass is 35.5.